The van der Waals surface area contributed by atoms with Crippen molar-refractivity contribution in [3.63, 3.8) is 0 Å². The Balaban J connectivity index is 1.63. The first kappa shape index (κ1) is 93.5. The van der Waals surface area contributed by atoms with Crippen LogP contribution in [-0.2, 0) is 23.7 Å². The van der Waals surface area contributed by atoms with Crippen LogP contribution in [0.1, 0.15) is 328 Å². The molecule has 14 heteroatoms. The van der Waals surface area contributed by atoms with E-state index in [1.165, 1.54) is 205 Å². The molecule has 1 amide bonds. The van der Waals surface area contributed by atoms with Crippen molar-refractivity contribution >= 4 is 5.91 Å². The van der Waals surface area contributed by atoms with E-state index in [0.717, 1.165) is 89.9 Å². The molecule has 12 atom stereocenters. The molecule has 0 bridgehead atoms. The van der Waals surface area contributed by atoms with E-state index in [0.29, 0.717) is 12.8 Å². The van der Waals surface area contributed by atoms with Crippen LogP contribution in [0, 0.1) is 0 Å². The zero-order valence-electron chi connectivity index (χ0n) is 63.9. The smallest absolute Gasteiger partial charge is 0.220 e. The molecule has 2 saturated heterocycles. The highest BCUT2D eigenvalue weighted by molar-refractivity contribution is 5.76. The van der Waals surface area contributed by atoms with Crippen molar-refractivity contribution in [3.05, 3.63) is 122 Å². The monoisotopic (exact) mass is 1420 g/mol. The van der Waals surface area contributed by atoms with E-state index >= 15 is 0 Å². The van der Waals surface area contributed by atoms with Crippen molar-refractivity contribution in [2.75, 3.05) is 19.8 Å². The number of rotatable bonds is 68. The lowest BCUT2D eigenvalue weighted by atomic mass is 9.97. The molecular formula is C87H151NO13. The average Bonchev–Trinajstić information content (AvgIpc) is 0.792. The van der Waals surface area contributed by atoms with Crippen molar-refractivity contribution < 1.29 is 64.6 Å². The molecule has 0 aromatic heterocycles. The molecule has 0 aromatic rings. The molecule has 2 fully saturated rings. The minimum Gasteiger partial charge on any atom is -0.394 e. The summed E-state index contributed by atoms with van der Waals surface area (Å²) in [6, 6.07) is -0.947. The van der Waals surface area contributed by atoms with Gasteiger partial charge in [-0.3, -0.25) is 4.79 Å². The second-order valence-electron chi connectivity index (χ2n) is 28.5. The van der Waals surface area contributed by atoms with Gasteiger partial charge in [-0.2, -0.15) is 0 Å². The summed E-state index contributed by atoms with van der Waals surface area (Å²) in [4.78, 5) is 13.4. The van der Waals surface area contributed by atoms with Crippen LogP contribution in [0.3, 0.4) is 0 Å². The molecule has 2 aliphatic heterocycles. The van der Waals surface area contributed by atoms with Gasteiger partial charge in [-0.1, -0.05) is 341 Å². The summed E-state index contributed by atoms with van der Waals surface area (Å²) in [7, 11) is 0. The van der Waals surface area contributed by atoms with E-state index in [4.69, 9.17) is 18.9 Å². The second-order valence-corrected chi connectivity index (χ2v) is 28.5. The quantitative estimate of drug-likeness (QED) is 0.0204. The minimum absolute atomic E-state index is 0.254. The number of aliphatic hydroxyl groups is 8. The second kappa shape index (κ2) is 69.4. The Kier molecular flexibility index (Phi) is 64.3. The van der Waals surface area contributed by atoms with Crippen LogP contribution in [0.25, 0.3) is 0 Å². The minimum atomic E-state index is -1.80. The fraction of sp³-hybridized carbons (Fsp3) is 0.759. The SMILES string of the molecule is CC/C=C\C/C=C\C/C=C\C/C=C\C/C=C\C/C=C\C/C=C\CCCCCCCCCCCCCCCCCC(=O)NC(COC1OC(CO)C(OC2OC(CO)C(O)C(O)C2O)C(O)C1O)C(O)/C=C/CC/C=C/CC/C=C/CCCCCCCCCCCCCCCCCCCCCC. The molecule has 0 saturated carbocycles. The maximum Gasteiger partial charge on any atom is 0.220 e. The summed E-state index contributed by atoms with van der Waals surface area (Å²) in [5, 5.41) is 87.7. The van der Waals surface area contributed by atoms with Gasteiger partial charge in [0.25, 0.3) is 0 Å². The number of unbranched alkanes of at least 4 members (excludes halogenated alkanes) is 37. The van der Waals surface area contributed by atoms with E-state index in [1.807, 2.05) is 6.08 Å². The summed E-state index contributed by atoms with van der Waals surface area (Å²) in [6.45, 7) is 2.70. The molecule has 12 unspecified atom stereocenters. The summed E-state index contributed by atoms with van der Waals surface area (Å²) < 4.78 is 22.9. The van der Waals surface area contributed by atoms with Crippen LogP contribution < -0.4 is 5.32 Å². The fourth-order valence-corrected chi connectivity index (χ4v) is 12.9. The number of hydrogen-bond donors (Lipinski definition) is 9. The highest BCUT2D eigenvalue weighted by Gasteiger charge is 2.51. The molecule has 2 heterocycles. The standard InChI is InChI=1S/C87H151NO13/c1-3-5-7-9-11-13-15-17-19-21-23-25-27-29-31-33-35-36-37-38-39-40-41-43-45-47-49-51-53-55-57-59-61-63-65-67-69-71-79(92)88-75(74-98-86-84(97)82(95)85(78(73-90)100-86)101-87-83(96)81(94)80(93)77(72-89)99-87)76(91)70-68-66-64-62-60-58-56-54-52-50-48-46-44-42-34-32-30-28-26-24-22-20-18-16-14-12-10-8-6-4-2/h5,7,11,13,17,19,23,25,29,31,35-36,38-39,52,54,60,62,68,70,75-78,80-87,89-91,93-97H,3-4,6,8-10,12,14-16,18,20-22,24,26-28,30,32-34,37,40-51,53,55-59,61,63-67,69,71-74H2,1-2H3,(H,88,92)/b7-5-,13-11-,19-17-,25-23-,31-29-,36-35-,39-38-,54-52+,62-60+,70-68+. The Morgan fingerprint density at radius 1 is 0.366 bits per heavy atom. The van der Waals surface area contributed by atoms with E-state index < -0.39 is 86.8 Å². The third kappa shape index (κ3) is 52.1. The lowest BCUT2D eigenvalue weighted by Gasteiger charge is -2.46. The Morgan fingerprint density at radius 2 is 0.693 bits per heavy atom. The zero-order chi connectivity index (χ0) is 73.0. The topological polar surface area (TPSA) is 228 Å². The number of amides is 1. The first-order valence-electron chi connectivity index (χ1n) is 41.3. The molecule has 14 nitrogen and oxygen atoms in total. The molecule has 0 aliphatic carbocycles. The Labute approximate surface area is 616 Å². The van der Waals surface area contributed by atoms with Gasteiger partial charge in [0.2, 0.25) is 5.91 Å². The maximum atomic E-state index is 13.4. The molecule has 0 radical (unpaired) electrons. The molecule has 2 rings (SSSR count). The first-order valence-corrected chi connectivity index (χ1v) is 41.3. The fourth-order valence-electron chi connectivity index (χ4n) is 12.9. The van der Waals surface area contributed by atoms with Gasteiger partial charge in [-0.15, -0.1) is 0 Å². The van der Waals surface area contributed by atoms with Crippen LogP contribution in [-0.4, -0.2) is 140 Å². The van der Waals surface area contributed by atoms with Gasteiger partial charge in [0.05, 0.1) is 32.0 Å². The van der Waals surface area contributed by atoms with Gasteiger partial charge in [-0.05, 0) is 103 Å². The van der Waals surface area contributed by atoms with Crippen LogP contribution in [0.2, 0.25) is 0 Å². The van der Waals surface area contributed by atoms with Gasteiger partial charge in [0.15, 0.2) is 12.6 Å². The Morgan fingerprint density at radius 3 is 1.09 bits per heavy atom. The van der Waals surface area contributed by atoms with Crippen molar-refractivity contribution in [3.8, 4) is 0 Å². The highest BCUT2D eigenvalue weighted by Crippen LogP contribution is 2.30. The average molecular weight is 1420 g/mol. The van der Waals surface area contributed by atoms with E-state index in [1.54, 1.807) is 6.08 Å². The predicted octanol–water partition coefficient (Wildman–Crippen LogP) is 19.2. The molecule has 9 N–H and O–H groups in total. The van der Waals surface area contributed by atoms with Gasteiger partial charge >= 0.3 is 0 Å². The summed E-state index contributed by atoms with van der Waals surface area (Å²) in [5.41, 5.74) is 0. The Hall–Kier alpha value is -3.61. The zero-order valence-corrected chi connectivity index (χ0v) is 63.9. The van der Waals surface area contributed by atoms with Crippen molar-refractivity contribution in [1.82, 2.24) is 5.32 Å². The largest absolute Gasteiger partial charge is 0.394 e. The van der Waals surface area contributed by atoms with Crippen LogP contribution in [0.4, 0.5) is 0 Å². The number of carbonyl (C=O) groups excluding carboxylic acids is 1. The van der Waals surface area contributed by atoms with Crippen molar-refractivity contribution in [1.29, 1.82) is 0 Å². The maximum absolute atomic E-state index is 13.4. The number of ether oxygens (including phenoxy) is 4. The van der Waals surface area contributed by atoms with Crippen LogP contribution >= 0.6 is 0 Å². The highest BCUT2D eigenvalue weighted by atomic mass is 16.7. The number of nitrogens with one attached hydrogen (secondary N) is 1. The molecule has 2 aliphatic rings. The van der Waals surface area contributed by atoms with Crippen LogP contribution in [0.15, 0.2) is 122 Å². The lowest BCUT2D eigenvalue weighted by molar-refractivity contribution is -0.359. The first-order chi connectivity index (χ1) is 49.6. The van der Waals surface area contributed by atoms with Crippen LogP contribution in [0.5, 0.6) is 0 Å². The van der Waals surface area contributed by atoms with Crippen molar-refractivity contribution in [2.24, 2.45) is 0 Å². The van der Waals surface area contributed by atoms with Gasteiger partial charge in [0, 0.05) is 6.42 Å². The van der Waals surface area contributed by atoms with E-state index in [2.05, 4.69) is 129 Å². The third-order valence-corrected chi connectivity index (χ3v) is 19.4. The molecule has 0 aromatic carbocycles. The molecular weight excluding hydrogens is 1270 g/mol. The van der Waals surface area contributed by atoms with Gasteiger partial charge < -0.3 is 65.1 Å². The molecule has 0 spiro atoms. The summed E-state index contributed by atoms with van der Waals surface area (Å²) in [5.74, 6) is -0.254. The Bertz CT molecular complexity index is 2170. The normalized spacial score (nSPS) is 22.4. The number of aliphatic hydroxyl groups excluding tert-OH is 8. The molecule has 101 heavy (non-hydrogen) atoms. The molecule has 582 valence electrons. The third-order valence-electron chi connectivity index (χ3n) is 19.4. The van der Waals surface area contributed by atoms with Crippen molar-refractivity contribution in [2.45, 2.75) is 402 Å². The summed E-state index contributed by atoms with van der Waals surface area (Å²) in [6.07, 6.45) is 85.7. The number of allylic oxidation sites excluding steroid dienone is 19. The number of hydrogen-bond acceptors (Lipinski definition) is 13. The number of carbonyl (C=O) groups is 1. The van der Waals surface area contributed by atoms with Gasteiger partial charge in [0.1, 0.15) is 48.8 Å². The summed E-state index contributed by atoms with van der Waals surface area (Å²) >= 11 is 0. The van der Waals surface area contributed by atoms with E-state index in [-0.39, 0.29) is 18.9 Å². The predicted molar refractivity (Wildman–Crippen MR) is 419 cm³/mol. The lowest BCUT2D eigenvalue weighted by Crippen LogP contribution is -2.65. The van der Waals surface area contributed by atoms with Gasteiger partial charge in [-0.25, -0.2) is 0 Å². The van der Waals surface area contributed by atoms with E-state index in [9.17, 15) is 45.6 Å².